The predicted molar refractivity (Wildman–Crippen MR) is 76.1 cm³/mol. The second-order valence-corrected chi connectivity index (χ2v) is 5.52. The number of amides is 1. The molecule has 1 aliphatic heterocycles. The van der Waals surface area contributed by atoms with Crippen molar-refractivity contribution in [1.82, 2.24) is 15.1 Å². The summed E-state index contributed by atoms with van der Waals surface area (Å²) in [7, 11) is 0. The molecular formula is C14H24N4O. The summed E-state index contributed by atoms with van der Waals surface area (Å²) in [4.78, 5) is 14.6. The van der Waals surface area contributed by atoms with E-state index < -0.39 is 0 Å². The van der Waals surface area contributed by atoms with E-state index in [9.17, 15) is 4.79 Å². The van der Waals surface area contributed by atoms with Crippen molar-refractivity contribution in [2.24, 2.45) is 0 Å². The minimum absolute atomic E-state index is 0.0229. The van der Waals surface area contributed by atoms with Gasteiger partial charge >= 0.3 is 0 Å². The number of hydrogen-bond acceptors (Lipinski definition) is 3. The molecule has 2 heterocycles. The Morgan fingerprint density at radius 2 is 2.16 bits per heavy atom. The summed E-state index contributed by atoms with van der Waals surface area (Å²) in [6, 6.07) is 2.72. The van der Waals surface area contributed by atoms with Crippen LogP contribution in [0.2, 0.25) is 0 Å². The molecule has 1 aromatic heterocycles. The smallest absolute Gasteiger partial charge is 0.242 e. The minimum atomic E-state index is -0.116. The maximum absolute atomic E-state index is 12.3. The molecular weight excluding hydrogens is 240 g/mol. The summed E-state index contributed by atoms with van der Waals surface area (Å²) in [5.41, 5.74) is 1.03. The van der Waals surface area contributed by atoms with Crippen molar-refractivity contribution in [3.8, 4) is 0 Å². The summed E-state index contributed by atoms with van der Waals surface area (Å²) < 4.78 is 0. The molecule has 0 saturated carbocycles. The molecule has 5 heteroatoms. The lowest BCUT2D eigenvalue weighted by Crippen LogP contribution is -2.46. The zero-order valence-electron chi connectivity index (χ0n) is 12.2. The molecule has 0 spiro atoms. The summed E-state index contributed by atoms with van der Waals surface area (Å²) in [6.45, 7) is 8.41. The molecule has 0 aromatic carbocycles. The molecule has 3 atom stereocenters. The second kappa shape index (κ2) is 5.74. The number of carbonyl (C=O) groups is 1. The van der Waals surface area contributed by atoms with Gasteiger partial charge in [-0.1, -0.05) is 6.92 Å². The van der Waals surface area contributed by atoms with Gasteiger partial charge in [-0.25, -0.2) is 0 Å². The number of H-pyrrole nitrogens is 1. The highest BCUT2D eigenvalue weighted by molar-refractivity contribution is 5.93. The van der Waals surface area contributed by atoms with E-state index in [1.165, 1.54) is 12.8 Å². The average Bonchev–Trinajstić information content (AvgIpc) is 2.96. The first-order valence-corrected chi connectivity index (χ1v) is 7.15. The van der Waals surface area contributed by atoms with E-state index in [1.54, 1.807) is 0 Å². The Bertz CT molecular complexity index is 432. The average molecular weight is 264 g/mol. The topological polar surface area (TPSA) is 61.0 Å². The third-order valence-corrected chi connectivity index (χ3v) is 4.11. The van der Waals surface area contributed by atoms with Crippen LogP contribution >= 0.6 is 0 Å². The van der Waals surface area contributed by atoms with Crippen molar-refractivity contribution < 1.29 is 4.79 Å². The third-order valence-electron chi connectivity index (χ3n) is 4.11. The van der Waals surface area contributed by atoms with Gasteiger partial charge in [-0.3, -0.25) is 14.8 Å². The van der Waals surface area contributed by atoms with Crippen molar-refractivity contribution in [3.05, 3.63) is 11.8 Å². The molecule has 5 nitrogen and oxygen atoms in total. The van der Waals surface area contributed by atoms with Gasteiger partial charge in [0.2, 0.25) is 5.91 Å². The number of aryl methyl sites for hydroxylation is 1. The number of nitrogens with one attached hydrogen (secondary N) is 2. The standard InChI is InChI=1S/C14H24N4O/c1-5-12-8-13(17-16-12)15-14(19)11(4)18-9(2)6-7-10(18)3/h8-11H,5-7H2,1-4H3,(H2,15,16,17,19). The van der Waals surface area contributed by atoms with Crippen LogP contribution in [-0.4, -0.2) is 39.1 Å². The van der Waals surface area contributed by atoms with Crippen LogP contribution in [0.5, 0.6) is 0 Å². The van der Waals surface area contributed by atoms with E-state index in [1.807, 2.05) is 13.0 Å². The number of anilines is 1. The first-order chi connectivity index (χ1) is 9.02. The van der Waals surface area contributed by atoms with Crippen molar-refractivity contribution in [2.75, 3.05) is 5.32 Å². The number of hydrogen-bond donors (Lipinski definition) is 2. The van der Waals surface area contributed by atoms with Gasteiger partial charge in [0.05, 0.1) is 6.04 Å². The molecule has 3 unspecified atom stereocenters. The number of likely N-dealkylation sites (tertiary alicyclic amines) is 1. The van der Waals surface area contributed by atoms with E-state index in [4.69, 9.17) is 0 Å². The van der Waals surface area contributed by atoms with Gasteiger partial charge < -0.3 is 5.32 Å². The van der Waals surface area contributed by atoms with Crippen molar-refractivity contribution in [3.63, 3.8) is 0 Å². The van der Waals surface area contributed by atoms with E-state index >= 15 is 0 Å². The van der Waals surface area contributed by atoms with Crippen molar-refractivity contribution >= 4 is 11.7 Å². The number of carbonyl (C=O) groups excluding carboxylic acids is 1. The Kier molecular flexibility index (Phi) is 4.24. The van der Waals surface area contributed by atoms with E-state index in [-0.39, 0.29) is 11.9 Å². The van der Waals surface area contributed by atoms with Crippen LogP contribution in [0.25, 0.3) is 0 Å². The summed E-state index contributed by atoms with van der Waals surface area (Å²) in [5.74, 6) is 0.642. The van der Waals surface area contributed by atoms with Crippen molar-refractivity contribution in [2.45, 2.75) is 65.1 Å². The normalized spacial score (nSPS) is 25.5. The molecule has 1 fully saturated rings. The first kappa shape index (κ1) is 14.1. The predicted octanol–water partition coefficient (Wildman–Crippen LogP) is 2.17. The van der Waals surface area contributed by atoms with Crippen LogP contribution in [0.4, 0.5) is 5.82 Å². The fraction of sp³-hybridized carbons (Fsp3) is 0.714. The fourth-order valence-corrected chi connectivity index (χ4v) is 2.95. The SMILES string of the molecule is CCc1cc(NC(=O)C(C)N2C(C)CCC2C)n[nH]1. The monoisotopic (exact) mass is 264 g/mol. The van der Waals surface area contributed by atoms with Gasteiger partial charge in [0.15, 0.2) is 5.82 Å². The lowest BCUT2D eigenvalue weighted by Gasteiger charge is -2.31. The Morgan fingerprint density at radius 1 is 1.53 bits per heavy atom. The molecule has 0 radical (unpaired) electrons. The molecule has 106 valence electrons. The highest BCUT2D eigenvalue weighted by atomic mass is 16.2. The maximum Gasteiger partial charge on any atom is 0.242 e. The van der Waals surface area contributed by atoms with Crippen LogP contribution in [0.3, 0.4) is 0 Å². The molecule has 0 aliphatic carbocycles. The fourth-order valence-electron chi connectivity index (χ4n) is 2.95. The van der Waals surface area contributed by atoms with Crippen LogP contribution in [0, 0.1) is 0 Å². The number of aromatic amines is 1. The van der Waals surface area contributed by atoms with Gasteiger partial charge in [-0.2, -0.15) is 5.10 Å². The molecule has 2 N–H and O–H groups in total. The lowest BCUT2D eigenvalue weighted by molar-refractivity contribution is -0.121. The first-order valence-electron chi connectivity index (χ1n) is 7.15. The van der Waals surface area contributed by atoms with Gasteiger partial charge in [0, 0.05) is 23.8 Å². The van der Waals surface area contributed by atoms with E-state index in [2.05, 4.69) is 41.2 Å². The Morgan fingerprint density at radius 3 is 2.68 bits per heavy atom. The van der Waals surface area contributed by atoms with Gasteiger partial charge in [0.1, 0.15) is 0 Å². The quantitative estimate of drug-likeness (QED) is 0.876. The molecule has 2 rings (SSSR count). The lowest BCUT2D eigenvalue weighted by atomic mass is 10.2. The highest BCUT2D eigenvalue weighted by Gasteiger charge is 2.34. The molecule has 1 aliphatic rings. The molecule has 0 bridgehead atoms. The molecule has 1 aromatic rings. The summed E-state index contributed by atoms with van der Waals surface area (Å²) in [5, 5.41) is 9.90. The van der Waals surface area contributed by atoms with Crippen LogP contribution in [0.15, 0.2) is 6.07 Å². The summed E-state index contributed by atoms with van der Waals surface area (Å²) in [6.07, 6.45) is 3.22. The highest BCUT2D eigenvalue weighted by Crippen LogP contribution is 2.26. The van der Waals surface area contributed by atoms with Gasteiger partial charge in [-0.15, -0.1) is 0 Å². The minimum Gasteiger partial charge on any atom is -0.308 e. The van der Waals surface area contributed by atoms with Gasteiger partial charge in [0.25, 0.3) is 0 Å². The molecule has 1 saturated heterocycles. The zero-order chi connectivity index (χ0) is 14.0. The molecule has 19 heavy (non-hydrogen) atoms. The van der Waals surface area contributed by atoms with Crippen LogP contribution in [0.1, 0.15) is 46.2 Å². The Labute approximate surface area is 114 Å². The Hall–Kier alpha value is -1.36. The number of aromatic nitrogens is 2. The second-order valence-electron chi connectivity index (χ2n) is 5.52. The summed E-state index contributed by atoms with van der Waals surface area (Å²) >= 11 is 0. The largest absolute Gasteiger partial charge is 0.308 e. The van der Waals surface area contributed by atoms with Gasteiger partial charge in [-0.05, 0) is 40.0 Å². The van der Waals surface area contributed by atoms with Crippen molar-refractivity contribution in [1.29, 1.82) is 0 Å². The number of nitrogens with zero attached hydrogens (tertiary/aromatic N) is 2. The van der Waals surface area contributed by atoms with E-state index in [0.29, 0.717) is 17.9 Å². The molecule has 1 amide bonds. The Balaban J connectivity index is 1.99. The zero-order valence-corrected chi connectivity index (χ0v) is 12.2. The van der Waals surface area contributed by atoms with Crippen LogP contribution < -0.4 is 5.32 Å². The van der Waals surface area contributed by atoms with Crippen LogP contribution in [-0.2, 0) is 11.2 Å². The number of rotatable bonds is 4. The van der Waals surface area contributed by atoms with E-state index in [0.717, 1.165) is 12.1 Å². The maximum atomic E-state index is 12.3. The third kappa shape index (κ3) is 2.97.